The van der Waals surface area contributed by atoms with Crippen LogP contribution in [0.1, 0.15) is 36.0 Å². The molecule has 3 heterocycles. The Balaban J connectivity index is 1.54. The number of carbonyl (C=O) groups is 1. The number of amides is 1. The van der Waals surface area contributed by atoms with Crippen LogP contribution in [0.2, 0.25) is 0 Å². The zero-order valence-electron chi connectivity index (χ0n) is 14.2. The van der Waals surface area contributed by atoms with Gasteiger partial charge in [0.2, 0.25) is 0 Å². The minimum Gasteiger partial charge on any atom is -0.496 e. The lowest BCUT2D eigenvalue weighted by molar-refractivity contribution is 0.0733. The zero-order valence-corrected chi connectivity index (χ0v) is 14.2. The quantitative estimate of drug-likeness (QED) is 0.850. The number of fused-ring (bicyclic) bond motifs is 4. The molecule has 3 aliphatic heterocycles. The van der Waals surface area contributed by atoms with E-state index in [4.69, 9.17) is 4.74 Å². The van der Waals surface area contributed by atoms with Crippen molar-refractivity contribution in [2.24, 2.45) is 11.8 Å². The summed E-state index contributed by atoms with van der Waals surface area (Å²) in [5, 5.41) is 0. The van der Waals surface area contributed by atoms with Gasteiger partial charge in [-0.05, 0) is 55.7 Å². The number of piperidine rings is 1. The minimum absolute atomic E-state index is 0.100. The second kappa shape index (κ2) is 6.36. The molecule has 2 atom stereocenters. The molecule has 1 aromatic carbocycles. The Labute approximate surface area is 142 Å². The third-order valence-corrected chi connectivity index (χ3v) is 5.70. The van der Waals surface area contributed by atoms with Crippen molar-refractivity contribution >= 4 is 5.91 Å². The van der Waals surface area contributed by atoms with Crippen LogP contribution in [0.3, 0.4) is 0 Å². The standard InChI is InChI=1S/C19H25FN2O2/c1-24-18-7-5-15(20)8-17(18)19(23)22-11-14-4-6-16(12-22)21(10-14)9-13-2-3-13/h5,7-8,13-14,16H,2-4,6,9-12H2,1H3/t14-,16-/m1/s1. The van der Waals surface area contributed by atoms with Crippen LogP contribution < -0.4 is 4.74 Å². The van der Waals surface area contributed by atoms with E-state index < -0.39 is 5.82 Å². The lowest BCUT2D eigenvalue weighted by Gasteiger charge is -2.36. The van der Waals surface area contributed by atoms with Crippen molar-refractivity contribution < 1.29 is 13.9 Å². The van der Waals surface area contributed by atoms with Crippen molar-refractivity contribution in [1.82, 2.24) is 9.80 Å². The summed E-state index contributed by atoms with van der Waals surface area (Å²) in [7, 11) is 1.52. The van der Waals surface area contributed by atoms with Crippen LogP contribution >= 0.6 is 0 Å². The Hall–Kier alpha value is -1.62. The fourth-order valence-corrected chi connectivity index (χ4v) is 4.22. The average Bonchev–Trinajstić information content (AvgIpc) is 3.41. The highest BCUT2D eigenvalue weighted by Gasteiger charge is 2.39. The summed E-state index contributed by atoms with van der Waals surface area (Å²) >= 11 is 0. The smallest absolute Gasteiger partial charge is 0.257 e. The van der Waals surface area contributed by atoms with Crippen LogP contribution in [0.5, 0.6) is 5.75 Å². The van der Waals surface area contributed by atoms with Crippen LogP contribution in [0.4, 0.5) is 4.39 Å². The fourth-order valence-electron chi connectivity index (χ4n) is 4.22. The van der Waals surface area contributed by atoms with Gasteiger partial charge in [-0.25, -0.2) is 4.39 Å². The first-order valence-electron chi connectivity index (χ1n) is 9.01. The van der Waals surface area contributed by atoms with E-state index in [1.165, 1.54) is 57.5 Å². The van der Waals surface area contributed by atoms with Crippen LogP contribution in [0.15, 0.2) is 18.2 Å². The molecule has 24 heavy (non-hydrogen) atoms. The molecule has 5 rings (SSSR count). The van der Waals surface area contributed by atoms with Gasteiger partial charge >= 0.3 is 0 Å². The summed E-state index contributed by atoms with van der Waals surface area (Å²) in [5.41, 5.74) is 0.340. The normalized spacial score (nSPS) is 27.2. The van der Waals surface area contributed by atoms with Crippen molar-refractivity contribution in [2.75, 3.05) is 33.3 Å². The highest BCUT2D eigenvalue weighted by Crippen LogP contribution is 2.35. The predicted octanol–water partition coefficient (Wildman–Crippen LogP) is 2.78. The molecule has 0 N–H and O–H groups in total. The van der Waals surface area contributed by atoms with E-state index in [0.29, 0.717) is 23.3 Å². The number of methoxy groups -OCH3 is 1. The van der Waals surface area contributed by atoms with E-state index in [2.05, 4.69) is 4.90 Å². The molecule has 1 amide bonds. The van der Waals surface area contributed by atoms with E-state index in [1.807, 2.05) is 4.90 Å². The monoisotopic (exact) mass is 332 g/mol. The maximum absolute atomic E-state index is 13.6. The van der Waals surface area contributed by atoms with Crippen molar-refractivity contribution in [3.8, 4) is 5.75 Å². The van der Waals surface area contributed by atoms with E-state index in [1.54, 1.807) is 0 Å². The number of rotatable bonds is 4. The molecular formula is C19H25FN2O2. The summed E-state index contributed by atoms with van der Waals surface area (Å²) in [5.74, 6) is 1.36. The molecule has 4 fully saturated rings. The average molecular weight is 332 g/mol. The number of hydrogen-bond acceptors (Lipinski definition) is 3. The first-order chi connectivity index (χ1) is 11.6. The van der Waals surface area contributed by atoms with Crippen molar-refractivity contribution in [2.45, 2.75) is 31.7 Å². The summed E-state index contributed by atoms with van der Waals surface area (Å²) in [4.78, 5) is 17.5. The van der Waals surface area contributed by atoms with Crippen LogP contribution in [0, 0.1) is 17.7 Å². The van der Waals surface area contributed by atoms with Crippen LogP contribution in [-0.4, -0.2) is 55.0 Å². The molecule has 2 bridgehead atoms. The van der Waals surface area contributed by atoms with Crippen LogP contribution in [0.25, 0.3) is 0 Å². The Kier molecular flexibility index (Phi) is 4.21. The number of carbonyl (C=O) groups excluding carboxylic acids is 1. The summed E-state index contributed by atoms with van der Waals surface area (Å²) in [6.45, 7) is 3.82. The van der Waals surface area contributed by atoms with E-state index in [9.17, 15) is 9.18 Å². The van der Waals surface area contributed by atoms with Crippen molar-refractivity contribution in [3.05, 3.63) is 29.6 Å². The maximum Gasteiger partial charge on any atom is 0.257 e. The number of nitrogens with zero attached hydrogens (tertiary/aromatic N) is 2. The highest BCUT2D eigenvalue weighted by atomic mass is 19.1. The molecule has 0 radical (unpaired) electrons. The molecule has 4 aliphatic rings. The second-order valence-electron chi connectivity index (χ2n) is 7.55. The van der Waals surface area contributed by atoms with E-state index >= 15 is 0 Å². The molecular weight excluding hydrogens is 307 g/mol. The van der Waals surface area contributed by atoms with Gasteiger partial charge in [0.1, 0.15) is 11.6 Å². The van der Waals surface area contributed by atoms with Gasteiger partial charge in [-0.15, -0.1) is 0 Å². The molecule has 0 unspecified atom stereocenters. The summed E-state index contributed by atoms with van der Waals surface area (Å²) in [6.07, 6.45) is 5.07. The third-order valence-electron chi connectivity index (χ3n) is 5.70. The zero-order chi connectivity index (χ0) is 16.7. The van der Waals surface area contributed by atoms with Gasteiger partial charge in [0, 0.05) is 32.2 Å². The van der Waals surface area contributed by atoms with E-state index in [-0.39, 0.29) is 5.91 Å². The lowest BCUT2D eigenvalue weighted by Crippen LogP contribution is -2.45. The third kappa shape index (κ3) is 3.14. The largest absolute Gasteiger partial charge is 0.496 e. The molecule has 3 saturated heterocycles. The highest BCUT2D eigenvalue weighted by molar-refractivity contribution is 5.97. The van der Waals surface area contributed by atoms with Gasteiger partial charge in [-0.3, -0.25) is 9.69 Å². The van der Waals surface area contributed by atoms with Crippen molar-refractivity contribution in [1.29, 1.82) is 0 Å². The molecule has 0 aromatic heterocycles. The SMILES string of the molecule is COc1ccc(F)cc1C(=O)N1C[C@@H]2CC[C@H](C1)N(CC1CC1)C2. The molecule has 5 heteroatoms. The number of ether oxygens (including phenoxy) is 1. The molecule has 4 nitrogen and oxygen atoms in total. The molecule has 1 aliphatic carbocycles. The van der Waals surface area contributed by atoms with Crippen molar-refractivity contribution in [3.63, 3.8) is 0 Å². The number of halogens is 1. The topological polar surface area (TPSA) is 32.8 Å². The second-order valence-corrected chi connectivity index (χ2v) is 7.55. The summed E-state index contributed by atoms with van der Waals surface area (Å²) < 4.78 is 18.9. The molecule has 1 saturated carbocycles. The molecule has 1 aromatic rings. The predicted molar refractivity (Wildman–Crippen MR) is 89.7 cm³/mol. The first-order valence-corrected chi connectivity index (χ1v) is 9.01. The summed E-state index contributed by atoms with van der Waals surface area (Å²) in [6, 6.07) is 4.62. The maximum atomic E-state index is 13.6. The lowest BCUT2D eigenvalue weighted by atomic mass is 9.95. The Morgan fingerprint density at radius 2 is 2.04 bits per heavy atom. The van der Waals surface area contributed by atoms with Gasteiger partial charge < -0.3 is 9.64 Å². The number of benzene rings is 1. The van der Waals surface area contributed by atoms with Gasteiger partial charge in [-0.1, -0.05) is 0 Å². The van der Waals surface area contributed by atoms with Gasteiger partial charge in [0.25, 0.3) is 5.91 Å². The first kappa shape index (κ1) is 15.9. The molecule has 130 valence electrons. The van der Waals surface area contributed by atoms with E-state index in [0.717, 1.165) is 25.6 Å². The Bertz CT molecular complexity index is 632. The fraction of sp³-hybridized carbons (Fsp3) is 0.632. The van der Waals surface area contributed by atoms with Gasteiger partial charge in [0.15, 0.2) is 0 Å². The van der Waals surface area contributed by atoms with Gasteiger partial charge in [-0.2, -0.15) is 0 Å². The Morgan fingerprint density at radius 3 is 2.79 bits per heavy atom. The minimum atomic E-state index is -0.396. The van der Waals surface area contributed by atoms with Gasteiger partial charge in [0.05, 0.1) is 12.7 Å². The van der Waals surface area contributed by atoms with Crippen LogP contribution in [-0.2, 0) is 0 Å². The Morgan fingerprint density at radius 1 is 1.21 bits per heavy atom. The number of hydrogen-bond donors (Lipinski definition) is 0. The molecule has 0 spiro atoms.